The van der Waals surface area contributed by atoms with Gasteiger partial charge in [0.1, 0.15) is 5.76 Å². The average molecular weight is 345 g/mol. The highest BCUT2D eigenvalue weighted by Gasteiger charge is 2.17. The molecule has 2 N–H and O–H groups in total. The van der Waals surface area contributed by atoms with Crippen LogP contribution in [0.1, 0.15) is 11.3 Å². The molecule has 124 valence electrons. The highest BCUT2D eigenvalue weighted by atomic mass is 32.2. The maximum Gasteiger partial charge on any atom is 0.263 e. The molecule has 9 heteroatoms. The SMILES string of the molecule is Cc1cc(Nc2ccc(NS(=O)(=O)c3ccccc3C)nn2)no1. The number of anilines is 3. The summed E-state index contributed by atoms with van der Waals surface area (Å²) in [5.41, 5.74) is 0.651. The summed E-state index contributed by atoms with van der Waals surface area (Å²) < 4.78 is 32.1. The third-order valence-corrected chi connectivity index (χ3v) is 4.69. The van der Waals surface area contributed by atoms with Crippen molar-refractivity contribution in [2.45, 2.75) is 18.7 Å². The van der Waals surface area contributed by atoms with Crippen LogP contribution in [0.5, 0.6) is 0 Å². The Morgan fingerprint density at radius 2 is 1.67 bits per heavy atom. The summed E-state index contributed by atoms with van der Waals surface area (Å²) in [6.07, 6.45) is 0. The molecular weight excluding hydrogens is 330 g/mol. The molecule has 0 amide bonds. The Kier molecular flexibility index (Phi) is 4.17. The number of hydrogen-bond acceptors (Lipinski definition) is 7. The van der Waals surface area contributed by atoms with Crippen LogP contribution in [-0.2, 0) is 10.0 Å². The molecule has 8 nitrogen and oxygen atoms in total. The third-order valence-electron chi connectivity index (χ3n) is 3.17. The molecule has 1 aromatic carbocycles. The molecule has 3 aromatic rings. The van der Waals surface area contributed by atoms with E-state index in [0.29, 0.717) is 23.0 Å². The molecule has 2 aromatic heterocycles. The fourth-order valence-electron chi connectivity index (χ4n) is 2.06. The van der Waals surface area contributed by atoms with Gasteiger partial charge in [-0.25, -0.2) is 8.42 Å². The van der Waals surface area contributed by atoms with Crippen molar-refractivity contribution in [3.05, 3.63) is 53.8 Å². The van der Waals surface area contributed by atoms with Crippen LogP contribution in [0, 0.1) is 13.8 Å². The van der Waals surface area contributed by atoms with Crippen molar-refractivity contribution in [3.63, 3.8) is 0 Å². The summed E-state index contributed by atoms with van der Waals surface area (Å²) in [5, 5.41) is 14.5. The quantitative estimate of drug-likeness (QED) is 0.731. The van der Waals surface area contributed by atoms with Gasteiger partial charge in [-0.2, -0.15) is 0 Å². The minimum atomic E-state index is -3.71. The van der Waals surface area contributed by atoms with Crippen LogP contribution in [0.4, 0.5) is 17.5 Å². The maximum atomic E-state index is 12.4. The number of aryl methyl sites for hydroxylation is 2. The maximum absolute atomic E-state index is 12.4. The second-order valence-corrected chi connectivity index (χ2v) is 6.77. The fraction of sp³-hybridized carbons (Fsp3) is 0.133. The normalized spacial score (nSPS) is 11.2. The molecule has 2 heterocycles. The predicted octanol–water partition coefficient (Wildman–Crippen LogP) is 2.63. The van der Waals surface area contributed by atoms with Crippen LogP contribution in [0.25, 0.3) is 0 Å². The molecule has 3 rings (SSSR count). The Labute approximate surface area is 139 Å². The highest BCUT2D eigenvalue weighted by Crippen LogP contribution is 2.19. The Morgan fingerprint density at radius 1 is 0.958 bits per heavy atom. The largest absolute Gasteiger partial charge is 0.360 e. The minimum Gasteiger partial charge on any atom is -0.360 e. The standard InChI is InChI=1S/C15H15N5O3S/c1-10-5-3-4-6-12(10)24(21,22)20-14-8-7-13(17-18-14)16-15-9-11(2)23-19-15/h3-9H,1-2H3,(H,18,20)(H,16,17,19). The van der Waals surface area contributed by atoms with E-state index < -0.39 is 10.0 Å². The Morgan fingerprint density at radius 3 is 2.29 bits per heavy atom. The molecule has 0 aliphatic carbocycles. The van der Waals surface area contributed by atoms with Crippen molar-refractivity contribution in [1.29, 1.82) is 0 Å². The lowest BCUT2D eigenvalue weighted by atomic mass is 10.2. The van der Waals surface area contributed by atoms with Crippen LogP contribution >= 0.6 is 0 Å². The Balaban J connectivity index is 1.75. The summed E-state index contributed by atoms with van der Waals surface area (Å²) in [6.45, 7) is 3.50. The Bertz CT molecular complexity index is 951. The van der Waals surface area contributed by atoms with E-state index in [1.165, 1.54) is 12.1 Å². The lowest BCUT2D eigenvalue weighted by molar-refractivity contribution is 0.400. The van der Waals surface area contributed by atoms with Crippen molar-refractivity contribution in [1.82, 2.24) is 15.4 Å². The van der Waals surface area contributed by atoms with E-state index in [1.54, 1.807) is 44.2 Å². The number of benzene rings is 1. The molecule has 0 radical (unpaired) electrons. The first-order chi connectivity index (χ1) is 11.4. The average Bonchev–Trinajstić information content (AvgIpc) is 2.94. The second kappa shape index (κ2) is 6.28. The van der Waals surface area contributed by atoms with Crippen molar-refractivity contribution >= 4 is 27.5 Å². The molecule has 0 atom stereocenters. The summed E-state index contributed by atoms with van der Waals surface area (Å²) in [4.78, 5) is 0.201. The molecule has 0 unspecified atom stereocenters. The van der Waals surface area contributed by atoms with Crippen LogP contribution in [0.2, 0.25) is 0 Å². The zero-order chi connectivity index (χ0) is 17.2. The van der Waals surface area contributed by atoms with E-state index in [1.807, 2.05) is 0 Å². The van der Waals surface area contributed by atoms with Gasteiger partial charge in [-0.05, 0) is 37.6 Å². The zero-order valence-electron chi connectivity index (χ0n) is 13.0. The van der Waals surface area contributed by atoms with Gasteiger partial charge in [0.05, 0.1) is 4.90 Å². The van der Waals surface area contributed by atoms with Crippen molar-refractivity contribution in [2.24, 2.45) is 0 Å². The van der Waals surface area contributed by atoms with Crippen molar-refractivity contribution < 1.29 is 12.9 Å². The zero-order valence-corrected chi connectivity index (χ0v) is 13.8. The highest BCUT2D eigenvalue weighted by molar-refractivity contribution is 7.92. The first kappa shape index (κ1) is 15.9. The predicted molar refractivity (Wildman–Crippen MR) is 88.5 cm³/mol. The molecule has 0 aliphatic heterocycles. The summed E-state index contributed by atoms with van der Waals surface area (Å²) in [5.74, 6) is 1.70. The topological polar surface area (TPSA) is 110 Å². The van der Waals surface area contributed by atoms with Crippen LogP contribution < -0.4 is 10.0 Å². The van der Waals surface area contributed by atoms with Gasteiger partial charge in [-0.1, -0.05) is 23.4 Å². The van der Waals surface area contributed by atoms with E-state index in [0.717, 1.165) is 0 Å². The van der Waals surface area contributed by atoms with E-state index in [-0.39, 0.29) is 10.7 Å². The van der Waals surface area contributed by atoms with Gasteiger partial charge in [0.15, 0.2) is 17.5 Å². The molecule has 0 spiro atoms. The van der Waals surface area contributed by atoms with E-state index in [4.69, 9.17) is 4.52 Å². The van der Waals surface area contributed by atoms with Gasteiger partial charge in [0, 0.05) is 6.07 Å². The van der Waals surface area contributed by atoms with Gasteiger partial charge in [0.25, 0.3) is 10.0 Å². The molecule has 0 saturated carbocycles. The Hall–Kier alpha value is -2.94. The summed E-state index contributed by atoms with van der Waals surface area (Å²) >= 11 is 0. The summed E-state index contributed by atoms with van der Waals surface area (Å²) in [6, 6.07) is 11.5. The number of hydrogen-bond donors (Lipinski definition) is 2. The van der Waals surface area contributed by atoms with Crippen molar-refractivity contribution in [3.8, 4) is 0 Å². The van der Waals surface area contributed by atoms with Gasteiger partial charge in [0.2, 0.25) is 0 Å². The monoisotopic (exact) mass is 345 g/mol. The summed E-state index contributed by atoms with van der Waals surface area (Å²) in [7, 11) is -3.71. The van der Waals surface area contributed by atoms with Gasteiger partial charge >= 0.3 is 0 Å². The van der Waals surface area contributed by atoms with E-state index in [2.05, 4.69) is 25.4 Å². The van der Waals surface area contributed by atoms with Crippen LogP contribution in [-0.4, -0.2) is 23.8 Å². The van der Waals surface area contributed by atoms with Crippen LogP contribution in [0.3, 0.4) is 0 Å². The number of sulfonamides is 1. The first-order valence-corrected chi connectivity index (χ1v) is 8.55. The van der Waals surface area contributed by atoms with Gasteiger partial charge in [-0.3, -0.25) is 4.72 Å². The lowest BCUT2D eigenvalue weighted by Crippen LogP contribution is -2.15. The number of rotatable bonds is 5. The van der Waals surface area contributed by atoms with Crippen molar-refractivity contribution in [2.75, 3.05) is 10.0 Å². The van der Waals surface area contributed by atoms with Gasteiger partial charge < -0.3 is 9.84 Å². The number of nitrogens with zero attached hydrogens (tertiary/aromatic N) is 3. The van der Waals surface area contributed by atoms with Crippen LogP contribution in [0.15, 0.2) is 51.9 Å². The minimum absolute atomic E-state index is 0.125. The smallest absolute Gasteiger partial charge is 0.263 e. The second-order valence-electron chi connectivity index (χ2n) is 5.12. The number of nitrogens with one attached hydrogen (secondary N) is 2. The lowest BCUT2D eigenvalue weighted by Gasteiger charge is -2.09. The first-order valence-electron chi connectivity index (χ1n) is 7.06. The molecule has 0 aliphatic rings. The number of aromatic nitrogens is 3. The van der Waals surface area contributed by atoms with Gasteiger partial charge in [-0.15, -0.1) is 10.2 Å². The van der Waals surface area contributed by atoms with E-state index in [9.17, 15) is 8.42 Å². The van der Waals surface area contributed by atoms with E-state index >= 15 is 0 Å². The molecule has 0 saturated heterocycles. The molecular formula is C15H15N5O3S. The third kappa shape index (κ3) is 3.51. The molecule has 0 fully saturated rings. The molecule has 0 bridgehead atoms. The fourth-order valence-corrected chi connectivity index (χ4v) is 3.30. The molecule has 24 heavy (non-hydrogen) atoms.